The Balaban J connectivity index is 2.02. The van der Waals surface area contributed by atoms with Crippen LogP contribution in [0.2, 0.25) is 0 Å². The number of hydrogen-bond donors (Lipinski definition) is 2. The van der Waals surface area contributed by atoms with E-state index in [1.807, 2.05) is 20.8 Å². The van der Waals surface area contributed by atoms with Crippen LogP contribution in [0.1, 0.15) is 26.3 Å². The van der Waals surface area contributed by atoms with E-state index in [0.29, 0.717) is 55.7 Å². The number of nitrogens with one attached hydrogen (secondary N) is 2. The zero-order valence-electron chi connectivity index (χ0n) is 16.5. The molecule has 2 aromatic rings. The lowest BCUT2D eigenvalue weighted by Crippen LogP contribution is -2.30. The summed E-state index contributed by atoms with van der Waals surface area (Å²) in [6.07, 6.45) is 0.603. The number of carbonyl (C=O) groups excluding carboxylic acids is 1. The molecule has 0 spiro atoms. The highest BCUT2D eigenvalue weighted by Gasteiger charge is 2.16. The van der Waals surface area contributed by atoms with Crippen molar-refractivity contribution in [3.05, 3.63) is 47.8 Å². The van der Waals surface area contributed by atoms with Crippen LogP contribution in [0.25, 0.3) is 0 Å². The standard InChI is InChI=1S/C21H27FN2O4/c1-4-26-18-13-17(14-19(27-5-2)20(18)28-6-3)24-21(25)23-12-11-15-7-9-16(22)10-8-15/h7-10,13-14H,4-6,11-12H2,1-3H3,(H2,23,24,25). The predicted molar refractivity (Wildman–Crippen MR) is 107 cm³/mol. The number of benzene rings is 2. The van der Waals surface area contributed by atoms with Crippen molar-refractivity contribution in [3.8, 4) is 17.2 Å². The Morgan fingerprint density at radius 3 is 2.04 bits per heavy atom. The second-order valence-corrected chi connectivity index (χ2v) is 5.86. The van der Waals surface area contributed by atoms with E-state index in [0.717, 1.165) is 5.56 Å². The number of halogens is 1. The number of carbonyl (C=O) groups is 1. The van der Waals surface area contributed by atoms with Crippen molar-refractivity contribution < 1.29 is 23.4 Å². The fourth-order valence-electron chi connectivity index (χ4n) is 2.61. The summed E-state index contributed by atoms with van der Waals surface area (Å²) in [6, 6.07) is 9.26. The second-order valence-electron chi connectivity index (χ2n) is 5.86. The Kier molecular flexibility index (Phi) is 8.39. The Hall–Kier alpha value is -2.96. The third kappa shape index (κ3) is 6.33. The zero-order chi connectivity index (χ0) is 20.4. The van der Waals surface area contributed by atoms with Crippen molar-refractivity contribution in [2.24, 2.45) is 0 Å². The normalized spacial score (nSPS) is 10.3. The smallest absolute Gasteiger partial charge is 0.319 e. The lowest BCUT2D eigenvalue weighted by Gasteiger charge is -2.17. The molecule has 0 unspecified atom stereocenters. The first kappa shape index (κ1) is 21.3. The van der Waals surface area contributed by atoms with E-state index in [1.165, 1.54) is 12.1 Å². The van der Waals surface area contributed by atoms with E-state index in [1.54, 1.807) is 24.3 Å². The van der Waals surface area contributed by atoms with E-state index in [2.05, 4.69) is 10.6 Å². The second kappa shape index (κ2) is 11.0. The first-order valence-electron chi connectivity index (χ1n) is 9.43. The van der Waals surface area contributed by atoms with E-state index < -0.39 is 0 Å². The van der Waals surface area contributed by atoms with Crippen LogP contribution in [0, 0.1) is 5.82 Å². The monoisotopic (exact) mass is 390 g/mol. The highest BCUT2D eigenvalue weighted by Crippen LogP contribution is 2.40. The van der Waals surface area contributed by atoms with Gasteiger partial charge in [-0.25, -0.2) is 9.18 Å². The number of urea groups is 1. The Bertz CT molecular complexity index is 738. The topological polar surface area (TPSA) is 68.8 Å². The molecule has 7 heteroatoms. The van der Waals surface area contributed by atoms with Crippen LogP contribution < -0.4 is 24.8 Å². The van der Waals surface area contributed by atoms with Gasteiger partial charge in [-0.3, -0.25) is 0 Å². The minimum Gasteiger partial charge on any atom is -0.490 e. The number of ether oxygens (including phenoxy) is 3. The molecule has 0 atom stereocenters. The third-order valence-corrected chi connectivity index (χ3v) is 3.78. The van der Waals surface area contributed by atoms with Gasteiger partial charge in [0.1, 0.15) is 5.82 Å². The van der Waals surface area contributed by atoms with Crippen LogP contribution >= 0.6 is 0 Å². The van der Waals surface area contributed by atoms with Gasteiger partial charge in [0, 0.05) is 18.7 Å². The van der Waals surface area contributed by atoms with E-state index in [9.17, 15) is 9.18 Å². The first-order valence-corrected chi connectivity index (χ1v) is 9.43. The molecule has 6 nitrogen and oxygen atoms in total. The molecule has 0 saturated heterocycles. The fraction of sp³-hybridized carbons (Fsp3) is 0.381. The molecule has 2 amide bonds. The molecule has 0 heterocycles. The van der Waals surface area contributed by atoms with E-state index >= 15 is 0 Å². The number of anilines is 1. The molecular formula is C21H27FN2O4. The van der Waals surface area contributed by atoms with Gasteiger partial charge in [0.15, 0.2) is 11.5 Å². The van der Waals surface area contributed by atoms with Crippen molar-refractivity contribution in [3.63, 3.8) is 0 Å². The Morgan fingerprint density at radius 1 is 0.929 bits per heavy atom. The minimum atomic E-state index is -0.351. The molecular weight excluding hydrogens is 363 g/mol. The summed E-state index contributed by atoms with van der Waals surface area (Å²) in [5.74, 6) is 1.27. The van der Waals surface area contributed by atoms with Crippen LogP contribution in [0.5, 0.6) is 17.2 Å². The van der Waals surface area contributed by atoms with Gasteiger partial charge in [0.25, 0.3) is 0 Å². The van der Waals surface area contributed by atoms with Gasteiger partial charge < -0.3 is 24.8 Å². The summed E-state index contributed by atoms with van der Waals surface area (Å²) in [5.41, 5.74) is 1.48. The maximum absolute atomic E-state index is 12.9. The predicted octanol–water partition coefficient (Wildman–Crippen LogP) is 4.39. The van der Waals surface area contributed by atoms with Gasteiger partial charge in [-0.2, -0.15) is 0 Å². The lowest BCUT2D eigenvalue weighted by molar-refractivity contribution is 0.252. The van der Waals surface area contributed by atoms with Gasteiger partial charge in [-0.1, -0.05) is 12.1 Å². The summed E-state index contributed by atoms with van der Waals surface area (Å²) in [5, 5.41) is 5.56. The molecule has 2 N–H and O–H groups in total. The molecule has 0 radical (unpaired) electrons. The highest BCUT2D eigenvalue weighted by atomic mass is 19.1. The van der Waals surface area contributed by atoms with Gasteiger partial charge in [0.05, 0.1) is 25.5 Å². The van der Waals surface area contributed by atoms with Gasteiger partial charge in [-0.15, -0.1) is 0 Å². The summed E-state index contributed by atoms with van der Waals surface area (Å²) >= 11 is 0. The molecule has 0 fully saturated rings. The van der Waals surface area contributed by atoms with Crippen LogP contribution in [0.3, 0.4) is 0 Å². The molecule has 152 valence electrons. The van der Waals surface area contributed by atoms with E-state index in [4.69, 9.17) is 14.2 Å². The average Bonchev–Trinajstić information content (AvgIpc) is 2.66. The van der Waals surface area contributed by atoms with E-state index in [-0.39, 0.29) is 11.8 Å². The molecule has 0 aliphatic rings. The molecule has 0 aromatic heterocycles. The molecule has 28 heavy (non-hydrogen) atoms. The van der Waals surface area contributed by atoms with Crippen LogP contribution in [0.15, 0.2) is 36.4 Å². The SMILES string of the molecule is CCOc1cc(NC(=O)NCCc2ccc(F)cc2)cc(OCC)c1OCC. The summed E-state index contributed by atoms with van der Waals surface area (Å²) < 4.78 is 29.9. The minimum absolute atomic E-state index is 0.278. The highest BCUT2D eigenvalue weighted by molar-refractivity contribution is 5.90. The summed E-state index contributed by atoms with van der Waals surface area (Å²) in [4.78, 5) is 12.2. The maximum Gasteiger partial charge on any atom is 0.319 e. The van der Waals surface area contributed by atoms with Crippen molar-refractivity contribution in [2.75, 3.05) is 31.7 Å². The lowest BCUT2D eigenvalue weighted by atomic mass is 10.1. The molecule has 0 saturated carbocycles. The first-order chi connectivity index (χ1) is 13.6. The largest absolute Gasteiger partial charge is 0.490 e. The Labute approximate surface area is 165 Å². The molecule has 0 aliphatic carbocycles. The maximum atomic E-state index is 12.9. The van der Waals surface area contributed by atoms with Crippen molar-refractivity contribution in [2.45, 2.75) is 27.2 Å². The quantitative estimate of drug-likeness (QED) is 0.631. The Morgan fingerprint density at radius 2 is 1.50 bits per heavy atom. The van der Waals surface area contributed by atoms with Crippen molar-refractivity contribution in [1.29, 1.82) is 0 Å². The van der Waals surface area contributed by atoms with Crippen LogP contribution in [-0.4, -0.2) is 32.4 Å². The van der Waals surface area contributed by atoms with Gasteiger partial charge in [-0.05, 0) is 44.9 Å². The summed E-state index contributed by atoms with van der Waals surface area (Å²) in [7, 11) is 0. The zero-order valence-corrected chi connectivity index (χ0v) is 16.5. The average molecular weight is 390 g/mol. The van der Waals surface area contributed by atoms with Crippen LogP contribution in [0.4, 0.5) is 14.9 Å². The van der Waals surface area contributed by atoms with Crippen LogP contribution in [-0.2, 0) is 6.42 Å². The van der Waals surface area contributed by atoms with Gasteiger partial charge in [0.2, 0.25) is 5.75 Å². The van der Waals surface area contributed by atoms with Crippen molar-refractivity contribution >= 4 is 11.7 Å². The summed E-state index contributed by atoms with van der Waals surface area (Å²) in [6.45, 7) is 7.43. The third-order valence-electron chi connectivity index (χ3n) is 3.78. The molecule has 2 rings (SSSR count). The number of rotatable bonds is 10. The molecule has 0 bridgehead atoms. The van der Waals surface area contributed by atoms with Gasteiger partial charge >= 0.3 is 6.03 Å². The molecule has 2 aromatic carbocycles. The number of hydrogen-bond acceptors (Lipinski definition) is 4. The number of amides is 2. The fourth-order valence-corrected chi connectivity index (χ4v) is 2.61. The molecule has 0 aliphatic heterocycles. The van der Waals surface area contributed by atoms with Crippen molar-refractivity contribution in [1.82, 2.24) is 5.32 Å².